The highest BCUT2D eigenvalue weighted by Crippen LogP contribution is 2.42. The predicted molar refractivity (Wildman–Crippen MR) is 196 cm³/mol. The number of amides is 2. The number of hydrogen-bond donors (Lipinski definition) is 2. The number of nitrogens with one attached hydrogen (secondary N) is 2. The number of hydrogen-bond acceptors (Lipinski definition) is 8. The fraction of sp³-hybridized carbons (Fsp3) is 0.450. The number of aromatic nitrogens is 2. The normalized spacial score (nSPS) is 16.1. The molecule has 3 heterocycles. The summed E-state index contributed by atoms with van der Waals surface area (Å²) in [6.07, 6.45) is 4.18. The van der Waals surface area contributed by atoms with E-state index >= 15 is 0 Å². The Morgan fingerprint density at radius 2 is 1.76 bits per heavy atom. The van der Waals surface area contributed by atoms with E-state index in [2.05, 4.69) is 10.3 Å². The molecule has 1 aliphatic carbocycles. The van der Waals surface area contributed by atoms with Gasteiger partial charge in [-0.25, -0.2) is 9.78 Å². The number of carbonyl (C=O) groups is 2. The fourth-order valence-electron chi connectivity index (χ4n) is 6.28. The molecule has 11 nitrogen and oxygen atoms in total. The lowest BCUT2D eigenvalue weighted by Crippen LogP contribution is -2.42. The third kappa shape index (κ3) is 8.82. The smallest absolute Gasteiger partial charge is 0.410 e. The summed E-state index contributed by atoms with van der Waals surface area (Å²) in [5.41, 5.74) is 2.24. The molecule has 0 bridgehead atoms. The highest BCUT2D eigenvalue weighted by atomic mass is 16.6. The first-order valence-electron chi connectivity index (χ1n) is 17.9. The summed E-state index contributed by atoms with van der Waals surface area (Å²) in [5, 5.41) is 3.47. The van der Waals surface area contributed by atoms with Crippen molar-refractivity contribution >= 4 is 23.0 Å². The molecule has 2 aromatic carbocycles. The topological polar surface area (TPSA) is 132 Å². The van der Waals surface area contributed by atoms with E-state index in [1.54, 1.807) is 18.1 Å². The molecule has 1 atom stereocenters. The summed E-state index contributed by atoms with van der Waals surface area (Å²) >= 11 is 0. The van der Waals surface area contributed by atoms with Crippen molar-refractivity contribution in [2.75, 3.05) is 33.4 Å². The highest BCUT2D eigenvalue weighted by molar-refractivity contribution is 5.98. The summed E-state index contributed by atoms with van der Waals surface area (Å²) < 4.78 is 23.9. The SMILES string of the molecule is CCCNC(=O)c1cc2c(C3CCCN(C(=O)OC(C)(C)C)C3)cc(-c3c(OCc4ccc(OC)cc4)cccc3OCC3CC3)nc2[nH]c1=O. The van der Waals surface area contributed by atoms with E-state index in [1.165, 1.54) is 0 Å². The van der Waals surface area contributed by atoms with Crippen LogP contribution >= 0.6 is 0 Å². The molecule has 0 radical (unpaired) electrons. The van der Waals surface area contributed by atoms with Crippen molar-refractivity contribution in [3.05, 3.63) is 81.6 Å². The Morgan fingerprint density at radius 1 is 1.02 bits per heavy atom. The number of carbonyl (C=O) groups excluding carboxylic acids is 2. The van der Waals surface area contributed by atoms with E-state index in [1.807, 2.05) is 76.2 Å². The van der Waals surface area contributed by atoms with Gasteiger partial charge in [-0.05, 0) is 106 Å². The second-order valence-corrected chi connectivity index (χ2v) is 14.4. The Morgan fingerprint density at radius 3 is 2.45 bits per heavy atom. The van der Waals surface area contributed by atoms with Crippen LogP contribution in [0.4, 0.5) is 4.79 Å². The summed E-state index contributed by atoms with van der Waals surface area (Å²) in [7, 11) is 1.63. The number of H-pyrrole nitrogens is 1. The number of likely N-dealkylation sites (tertiary alicyclic amines) is 1. The Bertz CT molecular complexity index is 1930. The van der Waals surface area contributed by atoms with Gasteiger partial charge in [-0.1, -0.05) is 25.1 Å². The van der Waals surface area contributed by atoms with Gasteiger partial charge in [0, 0.05) is 30.9 Å². The van der Waals surface area contributed by atoms with Gasteiger partial charge in [-0.15, -0.1) is 0 Å². The van der Waals surface area contributed by atoms with Crippen LogP contribution in [0.1, 0.15) is 87.2 Å². The van der Waals surface area contributed by atoms with Crippen LogP contribution in [0.25, 0.3) is 22.3 Å². The number of aromatic amines is 1. The van der Waals surface area contributed by atoms with Gasteiger partial charge in [0.25, 0.3) is 11.5 Å². The zero-order valence-electron chi connectivity index (χ0n) is 30.2. The molecule has 2 fully saturated rings. The second kappa shape index (κ2) is 15.4. The van der Waals surface area contributed by atoms with E-state index in [0.29, 0.717) is 72.6 Å². The van der Waals surface area contributed by atoms with Gasteiger partial charge in [0.15, 0.2) is 0 Å². The fourth-order valence-corrected chi connectivity index (χ4v) is 6.28. The van der Waals surface area contributed by atoms with E-state index in [9.17, 15) is 14.4 Å². The minimum atomic E-state index is -0.632. The maximum absolute atomic E-state index is 13.4. The quantitative estimate of drug-likeness (QED) is 0.159. The summed E-state index contributed by atoms with van der Waals surface area (Å²) in [4.78, 5) is 49.4. The summed E-state index contributed by atoms with van der Waals surface area (Å²) in [5.74, 6) is 1.91. The number of piperidine rings is 1. The van der Waals surface area contributed by atoms with E-state index in [4.69, 9.17) is 23.9 Å². The Labute approximate surface area is 298 Å². The zero-order chi connectivity index (χ0) is 36.1. The van der Waals surface area contributed by atoms with Gasteiger partial charge in [0.05, 0.1) is 25.0 Å². The average Bonchev–Trinajstić information content (AvgIpc) is 3.95. The van der Waals surface area contributed by atoms with Crippen LogP contribution in [0.15, 0.2) is 59.4 Å². The Hall–Kier alpha value is -5.06. The summed E-state index contributed by atoms with van der Waals surface area (Å²) in [6.45, 7) is 9.82. The van der Waals surface area contributed by atoms with Gasteiger partial charge < -0.3 is 34.1 Å². The maximum Gasteiger partial charge on any atom is 0.410 e. The van der Waals surface area contributed by atoms with Crippen molar-refractivity contribution < 1.29 is 28.5 Å². The minimum Gasteiger partial charge on any atom is -0.497 e. The molecule has 1 saturated heterocycles. The number of benzene rings is 2. The van der Waals surface area contributed by atoms with Crippen molar-refractivity contribution in [1.29, 1.82) is 0 Å². The van der Waals surface area contributed by atoms with E-state index in [-0.39, 0.29) is 17.6 Å². The lowest BCUT2D eigenvalue weighted by molar-refractivity contribution is 0.0198. The van der Waals surface area contributed by atoms with E-state index in [0.717, 1.165) is 49.0 Å². The molecule has 2 aromatic heterocycles. The molecule has 0 spiro atoms. The first-order chi connectivity index (χ1) is 24.5. The number of pyridine rings is 2. The molecule has 1 saturated carbocycles. The highest BCUT2D eigenvalue weighted by Gasteiger charge is 2.31. The van der Waals surface area contributed by atoms with E-state index < -0.39 is 17.1 Å². The third-order valence-electron chi connectivity index (χ3n) is 9.12. The van der Waals surface area contributed by atoms with Gasteiger partial charge in [-0.2, -0.15) is 0 Å². The minimum absolute atomic E-state index is 0.0169. The van der Waals surface area contributed by atoms with Crippen LogP contribution in [0.2, 0.25) is 0 Å². The largest absolute Gasteiger partial charge is 0.497 e. The van der Waals surface area contributed by atoms with Gasteiger partial charge >= 0.3 is 6.09 Å². The number of rotatable bonds is 12. The van der Waals surface area contributed by atoms with Crippen LogP contribution < -0.4 is 25.1 Å². The van der Waals surface area contributed by atoms with Crippen LogP contribution in [-0.4, -0.2) is 65.8 Å². The average molecular weight is 697 g/mol. The zero-order valence-corrected chi connectivity index (χ0v) is 30.2. The molecular weight excluding hydrogens is 648 g/mol. The molecule has 2 N–H and O–H groups in total. The second-order valence-electron chi connectivity index (χ2n) is 14.4. The molecule has 2 amide bonds. The monoisotopic (exact) mass is 696 g/mol. The van der Waals surface area contributed by atoms with Crippen molar-refractivity contribution in [2.45, 2.75) is 77.9 Å². The summed E-state index contributed by atoms with van der Waals surface area (Å²) in [6, 6.07) is 17.0. The molecule has 4 aromatic rings. The van der Waals surface area contributed by atoms with Crippen molar-refractivity contribution in [1.82, 2.24) is 20.2 Å². The molecule has 11 heteroatoms. The maximum atomic E-state index is 13.4. The first kappa shape index (κ1) is 35.8. The molecular formula is C40H48N4O7. The standard InChI is InChI=1S/C40H48N4O7/c1-6-18-41-37(45)31-20-30-29(27-9-8-19-44(22-27)39(47)51-40(2,3)4)21-32(42-36(30)43-38(31)46)35-33(49-23-25-12-13-25)10-7-11-34(35)50-24-26-14-16-28(48-5)17-15-26/h7,10-11,14-17,20-21,25,27H,6,8-9,12-13,18-19,22-24H2,1-5H3,(H,41,45)(H,42,43,46). The number of nitrogens with zero attached hydrogens (tertiary/aromatic N) is 2. The van der Waals surface area contributed by atoms with Gasteiger partial charge in [0.2, 0.25) is 0 Å². The molecule has 270 valence electrons. The van der Waals surface area contributed by atoms with Crippen molar-refractivity contribution in [2.24, 2.45) is 5.92 Å². The van der Waals surface area contributed by atoms with Gasteiger partial charge in [-0.3, -0.25) is 9.59 Å². The lowest BCUT2D eigenvalue weighted by atomic mass is 9.87. The lowest BCUT2D eigenvalue weighted by Gasteiger charge is -2.34. The van der Waals surface area contributed by atoms with Crippen molar-refractivity contribution in [3.8, 4) is 28.5 Å². The van der Waals surface area contributed by atoms with Crippen LogP contribution in [0, 0.1) is 5.92 Å². The number of methoxy groups -OCH3 is 1. The van der Waals surface area contributed by atoms with Crippen molar-refractivity contribution in [3.63, 3.8) is 0 Å². The first-order valence-corrected chi connectivity index (χ1v) is 17.9. The Balaban J connectivity index is 1.46. The Kier molecular flexibility index (Phi) is 10.8. The molecule has 51 heavy (non-hydrogen) atoms. The predicted octanol–water partition coefficient (Wildman–Crippen LogP) is 7.22. The molecule has 6 rings (SSSR count). The van der Waals surface area contributed by atoms with Gasteiger partial charge in [0.1, 0.15) is 40.7 Å². The third-order valence-corrected chi connectivity index (χ3v) is 9.12. The van der Waals surface area contributed by atoms with Crippen LogP contribution in [0.5, 0.6) is 17.2 Å². The molecule has 1 unspecified atom stereocenters. The number of ether oxygens (including phenoxy) is 4. The van der Waals surface area contributed by atoms with Crippen LogP contribution in [-0.2, 0) is 11.3 Å². The molecule has 1 aliphatic heterocycles. The van der Waals surface area contributed by atoms with Crippen LogP contribution in [0.3, 0.4) is 0 Å². The number of fused-ring (bicyclic) bond motifs is 1. The molecule has 2 aliphatic rings.